The highest BCUT2D eigenvalue weighted by atomic mass is 19.4. The van der Waals surface area contributed by atoms with Gasteiger partial charge in [-0.05, 0) is 18.1 Å². The molecule has 1 amide bonds. The van der Waals surface area contributed by atoms with Crippen molar-refractivity contribution in [3.8, 4) is 0 Å². The van der Waals surface area contributed by atoms with E-state index in [0.717, 1.165) is 4.57 Å². The molecule has 1 aromatic carbocycles. The van der Waals surface area contributed by atoms with Crippen molar-refractivity contribution in [3.05, 3.63) is 46.8 Å². The summed E-state index contributed by atoms with van der Waals surface area (Å²) in [6.45, 7) is -0.302. The van der Waals surface area contributed by atoms with Gasteiger partial charge in [-0.2, -0.15) is 26.3 Å². The van der Waals surface area contributed by atoms with Crippen molar-refractivity contribution in [2.75, 3.05) is 6.54 Å². The third-order valence-corrected chi connectivity index (χ3v) is 4.61. The Morgan fingerprint density at radius 3 is 2.11 bits per heavy atom. The van der Waals surface area contributed by atoms with Gasteiger partial charge in [-0.3, -0.25) is 4.79 Å². The first-order chi connectivity index (χ1) is 16.0. The smallest absolute Gasteiger partial charge is 0.475 e. The maximum Gasteiger partial charge on any atom is 0.490 e. The van der Waals surface area contributed by atoms with Crippen molar-refractivity contribution in [2.45, 2.75) is 44.3 Å². The highest BCUT2D eigenvalue weighted by Crippen LogP contribution is 2.29. The lowest BCUT2D eigenvalue weighted by Crippen LogP contribution is -2.42. The molecule has 3 rings (SSSR count). The Morgan fingerprint density at radius 2 is 1.57 bits per heavy atom. The Hall–Kier alpha value is -3.37. The second-order valence-electron chi connectivity index (χ2n) is 7.23. The molecule has 0 aliphatic carbocycles. The number of halogens is 9. The molecule has 2 heterocycles. The normalized spacial score (nSPS) is 14.6. The van der Waals surface area contributed by atoms with Gasteiger partial charge in [-0.15, -0.1) is 10.2 Å². The van der Waals surface area contributed by atoms with Gasteiger partial charge in [0.15, 0.2) is 17.5 Å². The molecule has 0 fully saturated rings. The number of benzene rings is 1. The molecule has 1 unspecified atom stereocenters. The summed E-state index contributed by atoms with van der Waals surface area (Å²) in [4.78, 5) is 22.5. The molecule has 1 aromatic heterocycles. The molecule has 0 radical (unpaired) electrons. The number of alkyl halides is 6. The van der Waals surface area contributed by atoms with Crippen LogP contribution in [-0.2, 0) is 35.3 Å². The van der Waals surface area contributed by atoms with E-state index >= 15 is 0 Å². The molecule has 8 nitrogen and oxygen atoms in total. The van der Waals surface area contributed by atoms with Crippen LogP contribution in [0.4, 0.5) is 39.5 Å². The van der Waals surface area contributed by atoms with Gasteiger partial charge in [-0.1, -0.05) is 0 Å². The first-order valence-electron chi connectivity index (χ1n) is 9.46. The van der Waals surface area contributed by atoms with Crippen molar-refractivity contribution < 1.29 is 54.2 Å². The Kier molecular flexibility index (Phi) is 8.35. The predicted octanol–water partition coefficient (Wildman–Crippen LogP) is 2.65. The molecule has 17 heteroatoms. The third kappa shape index (κ3) is 7.30. The Balaban J connectivity index is 0.000000540. The van der Waals surface area contributed by atoms with E-state index in [1.54, 1.807) is 0 Å². The lowest BCUT2D eigenvalue weighted by molar-refractivity contribution is -0.192. The lowest BCUT2D eigenvalue weighted by Gasteiger charge is -2.29. The monoisotopic (exact) mass is 521 g/mol. The SMILES string of the molecule is NC(CC(=O)N1CCn2c(nnc2C(F)(F)F)C1)Cc1cc(F)c(F)cc1F.O=C(O)C(F)(F)F. The van der Waals surface area contributed by atoms with Crippen LogP contribution in [0.2, 0.25) is 0 Å². The summed E-state index contributed by atoms with van der Waals surface area (Å²) in [7, 11) is 0. The minimum absolute atomic E-state index is 0.000783. The molecule has 0 saturated carbocycles. The van der Waals surface area contributed by atoms with Gasteiger partial charge < -0.3 is 20.3 Å². The van der Waals surface area contributed by atoms with Crippen molar-refractivity contribution in [3.63, 3.8) is 0 Å². The fourth-order valence-corrected chi connectivity index (χ4v) is 3.01. The molecule has 1 atom stereocenters. The number of amides is 1. The van der Waals surface area contributed by atoms with E-state index in [1.165, 1.54) is 4.90 Å². The number of hydrogen-bond acceptors (Lipinski definition) is 5. The number of carboxylic acids is 1. The zero-order valence-electron chi connectivity index (χ0n) is 17.3. The van der Waals surface area contributed by atoms with Crippen LogP contribution in [0.3, 0.4) is 0 Å². The number of rotatable bonds is 4. The number of carbonyl (C=O) groups is 2. The molecule has 0 bridgehead atoms. The van der Waals surface area contributed by atoms with Gasteiger partial charge in [-0.25, -0.2) is 18.0 Å². The van der Waals surface area contributed by atoms with E-state index < -0.39 is 53.5 Å². The summed E-state index contributed by atoms with van der Waals surface area (Å²) in [5.74, 6) is -7.90. The maximum absolute atomic E-state index is 13.7. The average Bonchev–Trinajstić information content (AvgIpc) is 3.15. The standard InChI is InChI=1S/C16H15F6N5O.C2HF3O2/c17-10-6-12(19)11(18)4-8(10)3-9(23)5-14(28)26-1-2-27-13(7-26)24-25-15(27)16(20,21)22;3-2(4,5)1(6)7/h4,6,9H,1-3,5,7,23H2;(H,6,7). The van der Waals surface area contributed by atoms with E-state index in [2.05, 4.69) is 10.2 Å². The molecule has 1 aliphatic heterocycles. The molecule has 1 aliphatic rings. The average molecular weight is 521 g/mol. The summed E-state index contributed by atoms with van der Waals surface area (Å²) in [5.41, 5.74) is 5.64. The number of hydrogen-bond donors (Lipinski definition) is 2. The van der Waals surface area contributed by atoms with Crippen molar-refractivity contribution in [2.24, 2.45) is 5.73 Å². The summed E-state index contributed by atoms with van der Waals surface area (Å²) in [5, 5.41) is 13.7. The molecule has 3 N–H and O–H groups in total. The summed E-state index contributed by atoms with van der Waals surface area (Å²) >= 11 is 0. The largest absolute Gasteiger partial charge is 0.490 e. The Bertz CT molecular complexity index is 1080. The third-order valence-electron chi connectivity index (χ3n) is 4.61. The van der Waals surface area contributed by atoms with Crippen LogP contribution in [0.5, 0.6) is 0 Å². The number of carbonyl (C=O) groups excluding carboxylic acids is 1. The van der Waals surface area contributed by atoms with Crippen LogP contribution in [0.15, 0.2) is 12.1 Å². The fourth-order valence-electron chi connectivity index (χ4n) is 3.01. The molecular weight excluding hydrogens is 505 g/mol. The van der Waals surface area contributed by atoms with Crippen molar-refractivity contribution in [1.82, 2.24) is 19.7 Å². The zero-order valence-corrected chi connectivity index (χ0v) is 17.3. The van der Waals surface area contributed by atoms with Gasteiger partial charge >= 0.3 is 18.3 Å². The van der Waals surface area contributed by atoms with Gasteiger partial charge in [0.2, 0.25) is 11.7 Å². The van der Waals surface area contributed by atoms with Gasteiger partial charge in [0.25, 0.3) is 0 Å². The van der Waals surface area contributed by atoms with Crippen LogP contribution in [-0.4, -0.2) is 55.4 Å². The van der Waals surface area contributed by atoms with E-state index in [4.69, 9.17) is 15.6 Å². The lowest BCUT2D eigenvalue weighted by atomic mass is 10.0. The van der Waals surface area contributed by atoms with Crippen LogP contribution in [0.25, 0.3) is 0 Å². The number of fused-ring (bicyclic) bond motifs is 1. The number of aliphatic carboxylic acids is 1. The molecular formula is C18H16F9N5O3. The van der Waals surface area contributed by atoms with Crippen LogP contribution in [0, 0.1) is 17.5 Å². The van der Waals surface area contributed by atoms with Gasteiger partial charge in [0, 0.05) is 31.6 Å². The zero-order chi connectivity index (χ0) is 26.7. The van der Waals surface area contributed by atoms with Crippen molar-refractivity contribution >= 4 is 11.9 Å². The summed E-state index contributed by atoms with van der Waals surface area (Å²) in [6, 6.07) is 0.184. The number of nitrogens with zero attached hydrogens (tertiary/aromatic N) is 4. The molecule has 35 heavy (non-hydrogen) atoms. The second-order valence-corrected chi connectivity index (χ2v) is 7.23. The highest BCUT2D eigenvalue weighted by Gasteiger charge is 2.40. The maximum atomic E-state index is 13.7. The van der Waals surface area contributed by atoms with Crippen molar-refractivity contribution in [1.29, 1.82) is 0 Å². The van der Waals surface area contributed by atoms with Gasteiger partial charge in [0.1, 0.15) is 5.82 Å². The Morgan fingerprint density at radius 1 is 1.00 bits per heavy atom. The van der Waals surface area contributed by atoms with E-state index in [9.17, 15) is 44.3 Å². The summed E-state index contributed by atoms with van der Waals surface area (Å²) < 4.78 is 111. The minimum Gasteiger partial charge on any atom is -0.475 e. The number of carboxylic acid groups (broad SMARTS) is 1. The highest BCUT2D eigenvalue weighted by molar-refractivity contribution is 5.77. The van der Waals surface area contributed by atoms with Crippen LogP contribution in [0.1, 0.15) is 23.6 Å². The second kappa shape index (κ2) is 10.5. The first-order valence-corrected chi connectivity index (χ1v) is 9.46. The van der Waals surface area contributed by atoms with E-state index in [-0.39, 0.29) is 43.9 Å². The fraction of sp³-hybridized carbons (Fsp3) is 0.444. The molecule has 0 saturated heterocycles. The van der Waals surface area contributed by atoms with E-state index in [0.29, 0.717) is 12.1 Å². The van der Waals surface area contributed by atoms with Gasteiger partial charge in [0.05, 0.1) is 6.54 Å². The molecule has 0 spiro atoms. The molecule has 194 valence electrons. The Labute approximate surface area is 190 Å². The quantitative estimate of drug-likeness (QED) is 0.473. The number of aromatic nitrogens is 3. The number of nitrogens with two attached hydrogens (primary N) is 1. The minimum atomic E-state index is -5.08. The van der Waals surface area contributed by atoms with E-state index in [1.807, 2.05) is 0 Å². The molecule has 2 aromatic rings. The van der Waals surface area contributed by atoms with Crippen LogP contribution < -0.4 is 5.73 Å². The van der Waals surface area contributed by atoms with Crippen LogP contribution >= 0.6 is 0 Å². The topological polar surface area (TPSA) is 114 Å². The first kappa shape index (κ1) is 27.9. The predicted molar refractivity (Wildman–Crippen MR) is 96.7 cm³/mol. The summed E-state index contributed by atoms with van der Waals surface area (Å²) in [6.07, 6.45) is -10.2.